The van der Waals surface area contributed by atoms with E-state index in [1.165, 1.54) is 12.8 Å². The van der Waals surface area contributed by atoms with Gasteiger partial charge in [-0.25, -0.2) is 0 Å². The lowest BCUT2D eigenvalue weighted by Gasteiger charge is -2.29. The van der Waals surface area contributed by atoms with Crippen LogP contribution in [0.15, 0.2) is 64.8 Å². The summed E-state index contributed by atoms with van der Waals surface area (Å²) >= 11 is 3.47. The molecule has 0 bridgehead atoms. The summed E-state index contributed by atoms with van der Waals surface area (Å²) in [5.41, 5.74) is 2.97. The van der Waals surface area contributed by atoms with Crippen LogP contribution in [0.4, 0.5) is 0 Å². The van der Waals surface area contributed by atoms with Crippen LogP contribution in [0.25, 0.3) is 0 Å². The van der Waals surface area contributed by atoms with Gasteiger partial charge in [0.15, 0.2) is 5.76 Å². The van der Waals surface area contributed by atoms with Crippen molar-refractivity contribution in [2.45, 2.75) is 44.7 Å². The molecule has 1 heterocycles. The van der Waals surface area contributed by atoms with Crippen LogP contribution in [0.5, 0.6) is 0 Å². The van der Waals surface area contributed by atoms with E-state index in [1.807, 2.05) is 42.5 Å². The van der Waals surface area contributed by atoms with E-state index < -0.39 is 6.29 Å². The lowest BCUT2D eigenvalue weighted by molar-refractivity contribution is -0.150. The first-order valence-corrected chi connectivity index (χ1v) is 11.1. The molecule has 2 aromatic carbocycles. The molecule has 1 aliphatic carbocycles. The Morgan fingerprint density at radius 2 is 1.80 bits per heavy atom. The molecule has 4 rings (SSSR count). The summed E-state index contributed by atoms with van der Waals surface area (Å²) in [6, 6.07) is 15.7. The number of aliphatic hydroxyl groups is 1. The van der Waals surface area contributed by atoms with Crippen molar-refractivity contribution in [1.82, 2.24) is 5.32 Å². The number of benzene rings is 2. The third-order valence-corrected chi connectivity index (χ3v) is 6.00. The average molecular weight is 472 g/mol. The summed E-state index contributed by atoms with van der Waals surface area (Å²) in [7, 11) is 0. The third-order valence-electron chi connectivity index (χ3n) is 5.47. The van der Waals surface area contributed by atoms with Crippen molar-refractivity contribution < 1.29 is 19.4 Å². The number of carbonyl (C=O) groups excluding carboxylic acids is 1. The Hall–Kier alpha value is -2.15. The van der Waals surface area contributed by atoms with Crippen molar-refractivity contribution in [3.63, 3.8) is 0 Å². The van der Waals surface area contributed by atoms with Crippen LogP contribution in [0.3, 0.4) is 0 Å². The zero-order valence-electron chi connectivity index (χ0n) is 16.7. The van der Waals surface area contributed by atoms with Crippen molar-refractivity contribution in [2.75, 3.05) is 6.54 Å². The minimum absolute atomic E-state index is 0.0197. The molecule has 0 aromatic heterocycles. The Morgan fingerprint density at radius 1 is 1.10 bits per heavy atom. The zero-order chi connectivity index (χ0) is 20.9. The number of allylic oxidation sites excluding steroid dienone is 1. The summed E-state index contributed by atoms with van der Waals surface area (Å²) in [4.78, 5) is 12.7. The molecular weight excluding hydrogens is 446 g/mol. The normalized spacial score (nSPS) is 20.9. The maximum absolute atomic E-state index is 12.7. The van der Waals surface area contributed by atoms with E-state index in [4.69, 9.17) is 9.47 Å². The van der Waals surface area contributed by atoms with E-state index in [0.717, 1.165) is 21.2 Å². The van der Waals surface area contributed by atoms with Gasteiger partial charge in [0.05, 0.1) is 13.2 Å². The monoisotopic (exact) mass is 471 g/mol. The molecule has 1 saturated carbocycles. The molecule has 2 N–H and O–H groups in total. The second-order valence-electron chi connectivity index (χ2n) is 7.91. The van der Waals surface area contributed by atoms with Gasteiger partial charge >= 0.3 is 0 Å². The van der Waals surface area contributed by atoms with Gasteiger partial charge in [0.2, 0.25) is 6.29 Å². The topological polar surface area (TPSA) is 67.8 Å². The van der Waals surface area contributed by atoms with E-state index >= 15 is 0 Å². The fourth-order valence-corrected chi connectivity index (χ4v) is 3.70. The highest BCUT2D eigenvalue weighted by atomic mass is 79.9. The predicted octanol–water partition coefficient (Wildman–Crippen LogP) is 4.40. The van der Waals surface area contributed by atoms with Crippen LogP contribution in [-0.2, 0) is 27.5 Å². The van der Waals surface area contributed by atoms with Crippen LogP contribution in [0.1, 0.15) is 41.9 Å². The summed E-state index contributed by atoms with van der Waals surface area (Å²) in [6.45, 7) is 1.09. The van der Waals surface area contributed by atoms with Gasteiger partial charge in [-0.3, -0.25) is 4.79 Å². The van der Waals surface area contributed by atoms with Crippen LogP contribution >= 0.6 is 15.9 Å². The summed E-state index contributed by atoms with van der Waals surface area (Å²) in [5, 5.41) is 12.2. The summed E-state index contributed by atoms with van der Waals surface area (Å²) < 4.78 is 13.0. The smallest absolute Gasteiger partial charge is 0.286 e. The van der Waals surface area contributed by atoms with Gasteiger partial charge in [-0.15, -0.1) is 0 Å². The first-order valence-electron chi connectivity index (χ1n) is 10.3. The highest BCUT2D eigenvalue weighted by Gasteiger charge is 2.30. The molecule has 0 spiro atoms. The molecule has 6 heteroatoms. The first kappa shape index (κ1) is 21.1. The summed E-state index contributed by atoms with van der Waals surface area (Å²) in [5.74, 6) is 0.796. The molecule has 0 radical (unpaired) electrons. The molecule has 5 nitrogen and oxygen atoms in total. The number of ether oxygens (including phenoxy) is 2. The largest absolute Gasteiger partial charge is 0.459 e. The molecule has 30 heavy (non-hydrogen) atoms. The van der Waals surface area contributed by atoms with E-state index in [-0.39, 0.29) is 18.4 Å². The SMILES string of the molecule is O=C(NCC1CC1)C1=C[C@@H](c2ccc(Br)cc2)C[C@@H](OCc2ccc(CO)cc2)O1. The highest BCUT2D eigenvalue weighted by Crippen LogP contribution is 2.33. The zero-order valence-corrected chi connectivity index (χ0v) is 18.3. The van der Waals surface area contributed by atoms with Gasteiger partial charge in [-0.1, -0.05) is 52.3 Å². The van der Waals surface area contributed by atoms with Crippen LogP contribution in [0.2, 0.25) is 0 Å². The van der Waals surface area contributed by atoms with Crippen molar-refractivity contribution >= 4 is 21.8 Å². The van der Waals surface area contributed by atoms with Crippen molar-refractivity contribution in [1.29, 1.82) is 0 Å². The third kappa shape index (κ3) is 5.72. The average Bonchev–Trinajstić information content (AvgIpc) is 3.61. The number of hydrogen-bond donors (Lipinski definition) is 2. The minimum atomic E-state index is -0.511. The Morgan fingerprint density at radius 3 is 2.47 bits per heavy atom. The van der Waals surface area contributed by atoms with Crippen LogP contribution in [-0.4, -0.2) is 23.8 Å². The van der Waals surface area contributed by atoms with Gasteiger partial charge in [0, 0.05) is 23.4 Å². The molecule has 1 amide bonds. The van der Waals surface area contributed by atoms with E-state index in [1.54, 1.807) is 0 Å². The summed E-state index contributed by atoms with van der Waals surface area (Å²) in [6.07, 6.45) is 4.39. The first-order chi connectivity index (χ1) is 14.6. The maximum atomic E-state index is 12.7. The van der Waals surface area contributed by atoms with Gasteiger partial charge in [-0.2, -0.15) is 0 Å². The molecule has 1 fully saturated rings. The Bertz CT molecular complexity index is 890. The number of rotatable bonds is 8. The number of aliphatic hydroxyl groups excluding tert-OH is 1. The van der Waals surface area contributed by atoms with Crippen LogP contribution in [0, 0.1) is 5.92 Å². The number of nitrogens with one attached hydrogen (secondary N) is 1. The Balaban J connectivity index is 1.45. The lowest BCUT2D eigenvalue weighted by atomic mass is 9.93. The van der Waals surface area contributed by atoms with Gasteiger partial charge in [0.25, 0.3) is 5.91 Å². The number of amides is 1. The standard InChI is InChI=1S/C24H26BrNO4/c25-21-9-7-19(8-10-21)20-11-22(24(28)26-13-16-1-2-16)30-23(12-20)29-15-18-5-3-17(14-27)4-6-18/h3-11,16,20,23,27H,1-2,12-15H2,(H,26,28)/t20-,23+/m1/s1. The van der Waals surface area contributed by atoms with E-state index in [2.05, 4.69) is 33.4 Å². The van der Waals surface area contributed by atoms with Crippen molar-refractivity contribution in [3.8, 4) is 0 Å². The number of carbonyl (C=O) groups is 1. The van der Waals surface area contributed by atoms with Crippen molar-refractivity contribution in [2.24, 2.45) is 5.92 Å². The lowest BCUT2D eigenvalue weighted by Crippen LogP contribution is -2.33. The molecular formula is C24H26BrNO4. The predicted molar refractivity (Wildman–Crippen MR) is 117 cm³/mol. The van der Waals surface area contributed by atoms with E-state index in [9.17, 15) is 9.90 Å². The molecule has 0 saturated heterocycles. The van der Waals surface area contributed by atoms with Crippen molar-refractivity contribution in [3.05, 3.63) is 81.5 Å². The fourth-order valence-electron chi connectivity index (χ4n) is 3.44. The Labute approximate surface area is 185 Å². The number of hydrogen-bond acceptors (Lipinski definition) is 4. The molecule has 2 aliphatic rings. The second-order valence-corrected chi connectivity index (χ2v) is 8.83. The number of halogens is 1. The molecule has 2 aromatic rings. The van der Waals surface area contributed by atoms with Crippen LogP contribution < -0.4 is 5.32 Å². The molecule has 1 aliphatic heterocycles. The Kier molecular flexibility index (Phi) is 6.87. The van der Waals surface area contributed by atoms with Gasteiger partial charge in [0.1, 0.15) is 0 Å². The molecule has 0 unspecified atom stereocenters. The second kappa shape index (κ2) is 9.77. The highest BCUT2D eigenvalue weighted by molar-refractivity contribution is 9.10. The molecule has 2 atom stereocenters. The fraction of sp³-hybridized carbons (Fsp3) is 0.375. The maximum Gasteiger partial charge on any atom is 0.286 e. The van der Waals surface area contributed by atoms with E-state index in [0.29, 0.717) is 31.2 Å². The molecule has 158 valence electrons. The quantitative estimate of drug-likeness (QED) is 0.598. The van der Waals surface area contributed by atoms with Gasteiger partial charge in [-0.05, 0) is 53.7 Å². The van der Waals surface area contributed by atoms with Gasteiger partial charge < -0.3 is 19.9 Å². The minimum Gasteiger partial charge on any atom is -0.459 e.